The predicted octanol–water partition coefficient (Wildman–Crippen LogP) is 1.23. The van der Waals surface area contributed by atoms with Gasteiger partial charge in [0, 0.05) is 7.05 Å². The highest BCUT2D eigenvalue weighted by molar-refractivity contribution is 6.03. The number of imide groups is 1. The molecule has 198 valence electrons. The molecule has 1 aromatic carbocycles. The lowest BCUT2D eigenvalue weighted by molar-refractivity contribution is -0.757. The first kappa shape index (κ1) is 28.5. The molecule has 1 fully saturated rings. The average Bonchev–Trinajstić information content (AvgIpc) is 3.14. The van der Waals surface area contributed by atoms with Crippen molar-refractivity contribution in [3.63, 3.8) is 0 Å². The van der Waals surface area contributed by atoms with Gasteiger partial charge in [0.25, 0.3) is 5.09 Å². The SMILES string of the molecule is CC(NC(CCc1ccccc1)C(=O)O)C(=O)N1C(=O)N(C)CC1C(=O)OCCCCCO[N+](=O)[O-]. The molecule has 3 amide bonds. The van der Waals surface area contributed by atoms with E-state index in [-0.39, 0.29) is 26.2 Å². The Bertz CT molecular complexity index is 927. The topological polar surface area (TPSA) is 169 Å². The number of carboxylic acid groups (broad SMARTS) is 1. The van der Waals surface area contributed by atoms with Gasteiger partial charge in [-0.25, -0.2) is 14.5 Å². The molecule has 13 heteroatoms. The normalized spacial score (nSPS) is 16.9. The summed E-state index contributed by atoms with van der Waals surface area (Å²) in [5, 5.41) is 21.6. The number of benzene rings is 1. The van der Waals surface area contributed by atoms with Crippen molar-refractivity contribution in [2.45, 2.75) is 57.2 Å². The van der Waals surface area contributed by atoms with E-state index in [9.17, 15) is 34.4 Å². The van der Waals surface area contributed by atoms with Crippen LogP contribution >= 0.6 is 0 Å². The summed E-state index contributed by atoms with van der Waals surface area (Å²) in [4.78, 5) is 66.4. The Labute approximate surface area is 208 Å². The standard InChI is InChI=1S/C23H32N4O9/c1-16(24-18(21(29)30)12-11-17-9-5-3-6-10-17)20(28)26-19(15-25(2)23(26)32)22(31)35-13-7-4-8-14-36-27(33)34/h3,5-6,9-10,16,18-19,24H,4,7-8,11-15H2,1-2H3,(H,29,30). The Kier molecular flexibility index (Phi) is 11.1. The van der Waals surface area contributed by atoms with Gasteiger partial charge < -0.3 is 19.6 Å². The molecular weight excluding hydrogens is 476 g/mol. The number of unbranched alkanes of at least 4 members (excludes halogenated alkanes) is 2. The van der Waals surface area contributed by atoms with Crippen molar-refractivity contribution in [3.8, 4) is 0 Å². The summed E-state index contributed by atoms with van der Waals surface area (Å²) < 4.78 is 5.22. The van der Waals surface area contributed by atoms with Crippen LogP contribution in [0.2, 0.25) is 0 Å². The Hall–Kier alpha value is -3.74. The van der Waals surface area contributed by atoms with Crippen molar-refractivity contribution in [1.82, 2.24) is 15.1 Å². The lowest BCUT2D eigenvalue weighted by atomic mass is 10.0. The molecule has 2 N–H and O–H groups in total. The second kappa shape index (κ2) is 14.0. The molecule has 1 heterocycles. The quantitative estimate of drug-likeness (QED) is 0.152. The molecule has 13 nitrogen and oxygen atoms in total. The summed E-state index contributed by atoms with van der Waals surface area (Å²) in [7, 11) is 1.45. The van der Waals surface area contributed by atoms with Gasteiger partial charge in [-0.05, 0) is 44.6 Å². The summed E-state index contributed by atoms with van der Waals surface area (Å²) >= 11 is 0. The van der Waals surface area contributed by atoms with Crippen molar-refractivity contribution in [1.29, 1.82) is 0 Å². The maximum absolute atomic E-state index is 13.1. The highest BCUT2D eigenvalue weighted by Gasteiger charge is 2.46. The van der Waals surface area contributed by atoms with Crippen LogP contribution in [0.25, 0.3) is 0 Å². The Morgan fingerprint density at radius 3 is 2.50 bits per heavy atom. The average molecular weight is 509 g/mol. The molecule has 36 heavy (non-hydrogen) atoms. The summed E-state index contributed by atoms with van der Waals surface area (Å²) in [6, 6.07) is 5.39. The third-order valence-corrected chi connectivity index (χ3v) is 5.71. The molecule has 0 spiro atoms. The van der Waals surface area contributed by atoms with Gasteiger partial charge in [0.2, 0.25) is 5.91 Å². The first-order chi connectivity index (χ1) is 17.1. The number of urea groups is 1. The molecule has 0 bridgehead atoms. The Balaban J connectivity index is 1.91. The molecule has 3 unspecified atom stereocenters. The Morgan fingerprint density at radius 1 is 1.19 bits per heavy atom. The molecule has 1 aromatic rings. The van der Waals surface area contributed by atoms with Crippen molar-refractivity contribution in [2.75, 3.05) is 26.8 Å². The van der Waals surface area contributed by atoms with Crippen LogP contribution in [-0.2, 0) is 30.4 Å². The van der Waals surface area contributed by atoms with Gasteiger partial charge in [0.1, 0.15) is 6.04 Å². The minimum atomic E-state index is -1.16. The van der Waals surface area contributed by atoms with Crippen LogP contribution in [-0.4, -0.2) is 88.8 Å². The number of nitrogens with zero attached hydrogens (tertiary/aromatic N) is 3. The van der Waals surface area contributed by atoms with Gasteiger partial charge in [-0.1, -0.05) is 30.3 Å². The molecule has 1 aliphatic rings. The van der Waals surface area contributed by atoms with Crippen LogP contribution in [0.1, 0.15) is 38.2 Å². The maximum Gasteiger partial charge on any atom is 0.331 e. The minimum Gasteiger partial charge on any atom is -0.480 e. The zero-order chi connectivity index (χ0) is 26.7. The molecule has 3 atom stereocenters. The summed E-state index contributed by atoms with van der Waals surface area (Å²) in [5.74, 6) is -2.61. The number of aliphatic carboxylic acids is 1. The highest BCUT2D eigenvalue weighted by atomic mass is 16.9. The first-order valence-electron chi connectivity index (χ1n) is 11.7. The van der Waals surface area contributed by atoms with E-state index in [2.05, 4.69) is 10.2 Å². The van der Waals surface area contributed by atoms with Gasteiger partial charge >= 0.3 is 18.0 Å². The zero-order valence-corrected chi connectivity index (χ0v) is 20.3. The lowest BCUT2D eigenvalue weighted by Crippen LogP contribution is -2.54. The van der Waals surface area contributed by atoms with Crippen molar-refractivity contribution in [3.05, 3.63) is 46.0 Å². The summed E-state index contributed by atoms with van der Waals surface area (Å²) in [6.07, 6.45) is 2.06. The Morgan fingerprint density at radius 2 is 1.86 bits per heavy atom. The maximum atomic E-state index is 13.1. The van der Waals surface area contributed by atoms with E-state index < -0.39 is 47.1 Å². The number of carbonyl (C=O) groups is 4. The monoisotopic (exact) mass is 508 g/mol. The van der Waals surface area contributed by atoms with Gasteiger partial charge in [0.15, 0.2) is 6.04 Å². The zero-order valence-electron chi connectivity index (χ0n) is 20.3. The minimum absolute atomic E-state index is 0.0160. The van der Waals surface area contributed by atoms with Crippen molar-refractivity contribution >= 4 is 23.9 Å². The molecule has 0 saturated carbocycles. The van der Waals surface area contributed by atoms with E-state index in [0.29, 0.717) is 25.7 Å². The molecule has 0 radical (unpaired) electrons. The van der Waals surface area contributed by atoms with Crippen molar-refractivity contribution in [2.24, 2.45) is 0 Å². The van der Waals surface area contributed by atoms with E-state index in [0.717, 1.165) is 10.5 Å². The number of hydrogen-bond donors (Lipinski definition) is 2. The van der Waals surface area contributed by atoms with E-state index in [1.54, 1.807) is 0 Å². The van der Waals surface area contributed by atoms with Crippen LogP contribution in [0.4, 0.5) is 4.79 Å². The fraction of sp³-hybridized carbons (Fsp3) is 0.565. The number of carbonyl (C=O) groups excluding carboxylic acids is 3. The fourth-order valence-corrected chi connectivity index (χ4v) is 3.77. The smallest absolute Gasteiger partial charge is 0.331 e. The van der Waals surface area contributed by atoms with Crippen LogP contribution in [0.5, 0.6) is 0 Å². The highest BCUT2D eigenvalue weighted by Crippen LogP contribution is 2.18. The molecule has 0 aromatic heterocycles. The first-order valence-corrected chi connectivity index (χ1v) is 11.7. The summed E-state index contributed by atoms with van der Waals surface area (Å²) in [6.45, 7) is 1.35. The van der Waals surface area contributed by atoms with Crippen LogP contribution in [0.3, 0.4) is 0 Å². The van der Waals surface area contributed by atoms with Crippen LogP contribution < -0.4 is 5.32 Å². The molecule has 1 saturated heterocycles. The third kappa shape index (κ3) is 8.48. The number of esters is 1. The molecule has 1 aliphatic heterocycles. The second-order valence-electron chi connectivity index (χ2n) is 8.48. The van der Waals surface area contributed by atoms with Crippen LogP contribution in [0.15, 0.2) is 30.3 Å². The predicted molar refractivity (Wildman–Crippen MR) is 125 cm³/mol. The van der Waals surface area contributed by atoms with E-state index in [1.807, 2.05) is 30.3 Å². The number of nitrogens with one attached hydrogen (secondary N) is 1. The summed E-state index contributed by atoms with van der Waals surface area (Å²) in [5.41, 5.74) is 0.953. The largest absolute Gasteiger partial charge is 0.480 e. The van der Waals surface area contributed by atoms with Gasteiger partial charge in [-0.15, -0.1) is 10.1 Å². The van der Waals surface area contributed by atoms with Gasteiger partial charge in [-0.3, -0.25) is 14.9 Å². The third-order valence-electron chi connectivity index (χ3n) is 5.71. The van der Waals surface area contributed by atoms with Crippen LogP contribution in [0, 0.1) is 10.1 Å². The fourth-order valence-electron chi connectivity index (χ4n) is 3.77. The lowest BCUT2D eigenvalue weighted by Gasteiger charge is -2.26. The van der Waals surface area contributed by atoms with Crippen molar-refractivity contribution < 1.29 is 38.9 Å². The number of hydrogen-bond acceptors (Lipinski definition) is 9. The molecule has 2 rings (SSSR count). The number of amides is 3. The van der Waals surface area contributed by atoms with Gasteiger partial charge in [0.05, 0.1) is 25.8 Å². The molecular formula is C23H32N4O9. The van der Waals surface area contributed by atoms with Gasteiger partial charge in [-0.2, -0.15) is 0 Å². The number of likely N-dealkylation sites (N-methyl/N-ethyl adjacent to an activating group) is 1. The second-order valence-corrected chi connectivity index (χ2v) is 8.48. The number of aryl methyl sites for hydroxylation is 1. The molecule has 0 aliphatic carbocycles. The number of ether oxygens (including phenoxy) is 1. The van der Waals surface area contributed by atoms with E-state index in [4.69, 9.17) is 4.74 Å². The van der Waals surface area contributed by atoms with E-state index in [1.165, 1.54) is 18.9 Å². The van der Waals surface area contributed by atoms with E-state index >= 15 is 0 Å². The number of rotatable bonds is 15. The number of carboxylic acids is 1.